The molecule has 2 nitrogen and oxygen atoms in total. The first-order valence-electron chi connectivity index (χ1n) is 4.75. The minimum atomic E-state index is 0.263. The number of hydrogen-bond acceptors (Lipinski definition) is 2. The molecule has 0 amide bonds. The molecule has 0 aliphatic carbocycles. The molecule has 1 rings (SSSR count). The summed E-state index contributed by atoms with van der Waals surface area (Å²) in [5, 5.41) is 9.74. The highest BCUT2D eigenvalue weighted by molar-refractivity contribution is 5.45. The van der Waals surface area contributed by atoms with E-state index in [2.05, 4.69) is 6.08 Å². The fourth-order valence-electron chi connectivity index (χ4n) is 1.34. The lowest BCUT2D eigenvalue weighted by molar-refractivity contribution is 0.370. The van der Waals surface area contributed by atoms with E-state index in [1.807, 2.05) is 25.1 Å². The van der Waals surface area contributed by atoms with Crippen LogP contribution in [-0.2, 0) is 6.42 Å². The maximum Gasteiger partial charge on any atom is 0.160 e. The molecular weight excluding hydrogens is 176 g/mol. The van der Waals surface area contributed by atoms with Crippen LogP contribution in [0.2, 0.25) is 0 Å². The summed E-state index contributed by atoms with van der Waals surface area (Å²) in [7, 11) is 1.56. The summed E-state index contributed by atoms with van der Waals surface area (Å²) in [5.41, 5.74) is 0.933. The Bertz CT molecular complexity index is 316. The van der Waals surface area contributed by atoms with Crippen LogP contribution < -0.4 is 4.74 Å². The average Bonchev–Trinajstić information content (AvgIpc) is 2.21. The summed E-state index contributed by atoms with van der Waals surface area (Å²) >= 11 is 0. The van der Waals surface area contributed by atoms with Crippen molar-refractivity contribution >= 4 is 0 Å². The van der Waals surface area contributed by atoms with Gasteiger partial charge in [0.2, 0.25) is 0 Å². The number of hydrogen-bond donors (Lipinski definition) is 1. The van der Waals surface area contributed by atoms with Gasteiger partial charge in [-0.1, -0.05) is 24.3 Å². The van der Waals surface area contributed by atoms with E-state index >= 15 is 0 Å². The average molecular weight is 192 g/mol. The number of benzene rings is 1. The van der Waals surface area contributed by atoms with E-state index in [4.69, 9.17) is 4.74 Å². The van der Waals surface area contributed by atoms with Gasteiger partial charge in [-0.2, -0.15) is 0 Å². The molecule has 0 spiro atoms. The van der Waals surface area contributed by atoms with Gasteiger partial charge in [-0.05, 0) is 31.4 Å². The Kier molecular flexibility index (Phi) is 4.05. The lowest BCUT2D eigenvalue weighted by Gasteiger charge is -2.07. The van der Waals surface area contributed by atoms with Crippen LogP contribution >= 0.6 is 0 Å². The Morgan fingerprint density at radius 1 is 1.43 bits per heavy atom. The van der Waals surface area contributed by atoms with Crippen molar-refractivity contribution in [2.24, 2.45) is 0 Å². The van der Waals surface area contributed by atoms with Crippen LogP contribution in [-0.4, -0.2) is 12.2 Å². The molecule has 0 aromatic heterocycles. The predicted octanol–water partition coefficient (Wildman–Crippen LogP) is 2.91. The van der Waals surface area contributed by atoms with Crippen LogP contribution in [0.4, 0.5) is 0 Å². The Morgan fingerprint density at radius 2 is 2.21 bits per heavy atom. The molecule has 0 heterocycles. The Morgan fingerprint density at radius 3 is 2.86 bits per heavy atom. The van der Waals surface area contributed by atoms with E-state index in [-0.39, 0.29) is 5.75 Å². The molecule has 0 atom stereocenters. The van der Waals surface area contributed by atoms with E-state index in [9.17, 15) is 5.11 Å². The SMILES string of the molecule is C/C=C\CCc1cccc(OC)c1O. The van der Waals surface area contributed by atoms with Gasteiger partial charge in [0.25, 0.3) is 0 Å². The molecule has 0 aliphatic rings. The number of aryl methyl sites for hydroxylation is 1. The van der Waals surface area contributed by atoms with E-state index in [1.165, 1.54) is 0 Å². The van der Waals surface area contributed by atoms with Crippen molar-refractivity contribution in [3.05, 3.63) is 35.9 Å². The lowest BCUT2D eigenvalue weighted by atomic mass is 10.1. The second-order valence-electron chi connectivity index (χ2n) is 3.08. The van der Waals surface area contributed by atoms with Gasteiger partial charge in [-0.25, -0.2) is 0 Å². The van der Waals surface area contributed by atoms with Gasteiger partial charge in [0, 0.05) is 0 Å². The van der Waals surface area contributed by atoms with Gasteiger partial charge in [-0.3, -0.25) is 0 Å². The zero-order valence-corrected chi connectivity index (χ0v) is 8.66. The summed E-state index contributed by atoms with van der Waals surface area (Å²) in [6.07, 6.45) is 5.88. The second-order valence-corrected chi connectivity index (χ2v) is 3.08. The zero-order valence-electron chi connectivity index (χ0n) is 8.66. The first-order chi connectivity index (χ1) is 6.79. The van der Waals surface area contributed by atoms with Crippen molar-refractivity contribution in [2.75, 3.05) is 7.11 Å². The third-order valence-corrected chi connectivity index (χ3v) is 2.12. The van der Waals surface area contributed by atoms with Gasteiger partial charge in [-0.15, -0.1) is 0 Å². The highest BCUT2D eigenvalue weighted by Gasteiger charge is 2.05. The maximum absolute atomic E-state index is 9.74. The maximum atomic E-state index is 9.74. The molecule has 14 heavy (non-hydrogen) atoms. The number of phenolic OH excluding ortho intramolecular Hbond substituents is 1. The number of phenols is 1. The van der Waals surface area contributed by atoms with Crippen LogP contribution in [0.3, 0.4) is 0 Å². The fourth-order valence-corrected chi connectivity index (χ4v) is 1.34. The minimum absolute atomic E-state index is 0.263. The molecular formula is C12H16O2. The molecule has 0 saturated carbocycles. The summed E-state index contributed by atoms with van der Waals surface area (Å²) in [4.78, 5) is 0. The van der Waals surface area contributed by atoms with Gasteiger partial charge in [0.05, 0.1) is 7.11 Å². The number of aromatic hydroxyl groups is 1. The first kappa shape index (κ1) is 10.6. The van der Waals surface area contributed by atoms with E-state index in [0.717, 1.165) is 18.4 Å². The molecule has 0 aliphatic heterocycles. The highest BCUT2D eigenvalue weighted by Crippen LogP contribution is 2.29. The summed E-state index contributed by atoms with van der Waals surface area (Å²) in [6.45, 7) is 1.99. The molecule has 0 unspecified atom stereocenters. The molecule has 0 bridgehead atoms. The number of methoxy groups -OCH3 is 1. The Hall–Kier alpha value is -1.44. The Balaban J connectivity index is 2.76. The summed E-state index contributed by atoms with van der Waals surface area (Å²) < 4.78 is 5.02. The summed E-state index contributed by atoms with van der Waals surface area (Å²) in [6, 6.07) is 5.57. The molecule has 1 aromatic carbocycles. The number of para-hydroxylation sites is 1. The quantitative estimate of drug-likeness (QED) is 0.743. The fraction of sp³-hybridized carbons (Fsp3) is 0.333. The third kappa shape index (κ3) is 2.52. The molecule has 0 radical (unpaired) electrons. The Labute approximate surface area is 84.8 Å². The molecule has 2 heteroatoms. The number of ether oxygens (including phenoxy) is 1. The van der Waals surface area contributed by atoms with Gasteiger partial charge < -0.3 is 9.84 Å². The van der Waals surface area contributed by atoms with Crippen molar-refractivity contribution in [2.45, 2.75) is 19.8 Å². The predicted molar refractivity (Wildman–Crippen MR) is 57.8 cm³/mol. The largest absolute Gasteiger partial charge is 0.504 e. The first-order valence-corrected chi connectivity index (χ1v) is 4.75. The van der Waals surface area contributed by atoms with E-state index in [1.54, 1.807) is 13.2 Å². The van der Waals surface area contributed by atoms with Gasteiger partial charge in [0.15, 0.2) is 11.5 Å². The van der Waals surface area contributed by atoms with E-state index < -0.39 is 0 Å². The molecule has 1 N–H and O–H groups in total. The molecule has 0 saturated heterocycles. The smallest absolute Gasteiger partial charge is 0.160 e. The van der Waals surface area contributed by atoms with Crippen molar-refractivity contribution in [3.63, 3.8) is 0 Å². The monoisotopic (exact) mass is 192 g/mol. The lowest BCUT2D eigenvalue weighted by Crippen LogP contribution is -1.89. The third-order valence-electron chi connectivity index (χ3n) is 2.12. The second kappa shape index (κ2) is 5.32. The normalized spacial score (nSPS) is 10.7. The highest BCUT2D eigenvalue weighted by atomic mass is 16.5. The van der Waals surface area contributed by atoms with Crippen molar-refractivity contribution < 1.29 is 9.84 Å². The van der Waals surface area contributed by atoms with Crippen molar-refractivity contribution in [1.82, 2.24) is 0 Å². The van der Waals surface area contributed by atoms with Crippen LogP contribution in [0, 0.1) is 0 Å². The van der Waals surface area contributed by atoms with Crippen molar-refractivity contribution in [1.29, 1.82) is 0 Å². The topological polar surface area (TPSA) is 29.5 Å². The van der Waals surface area contributed by atoms with E-state index in [0.29, 0.717) is 5.75 Å². The summed E-state index contributed by atoms with van der Waals surface area (Å²) in [5.74, 6) is 0.808. The molecule has 1 aromatic rings. The van der Waals surface area contributed by atoms with Crippen LogP contribution in [0.1, 0.15) is 18.9 Å². The van der Waals surface area contributed by atoms with Gasteiger partial charge >= 0.3 is 0 Å². The number of allylic oxidation sites excluding steroid dienone is 2. The molecule has 76 valence electrons. The minimum Gasteiger partial charge on any atom is -0.504 e. The standard InChI is InChI=1S/C12H16O2/c1-3-4-5-7-10-8-6-9-11(14-2)12(10)13/h3-4,6,8-9,13H,5,7H2,1-2H3/b4-3-. The van der Waals surface area contributed by atoms with Crippen LogP contribution in [0.25, 0.3) is 0 Å². The molecule has 0 fully saturated rings. The van der Waals surface area contributed by atoms with Gasteiger partial charge in [0.1, 0.15) is 0 Å². The number of rotatable bonds is 4. The van der Waals surface area contributed by atoms with Crippen LogP contribution in [0.15, 0.2) is 30.4 Å². The van der Waals surface area contributed by atoms with Crippen molar-refractivity contribution in [3.8, 4) is 11.5 Å². The van der Waals surface area contributed by atoms with Crippen LogP contribution in [0.5, 0.6) is 11.5 Å². The zero-order chi connectivity index (χ0) is 10.4.